The van der Waals surface area contributed by atoms with Crippen molar-refractivity contribution in [2.24, 2.45) is 5.92 Å². The quantitative estimate of drug-likeness (QED) is 0.731. The molecule has 6 nitrogen and oxygen atoms in total. The van der Waals surface area contributed by atoms with E-state index in [2.05, 4.69) is 10.2 Å². The number of nitrogens with one attached hydrogen (secondary N) is 1. The molecule has 0 aliphatic carbocycles. The van der Waals surface area contributed by atoms with Gasteiger partial charge in [-0.2, -0.15) is 0 Å². The SMILES string of the molecule is COC(=O)[C@H](NC(=O)N1CCN(C)CC1)C(C)C. The lowest BCUT2D eigenvalue weighted by Gasteiger charge is -2.33. The van der Waals surface area contributed by atoms with Crippen LogP contribution in [0.5, 0.6) is 0 Å². The number of likely N-dealkylation sites (N-methyl/N-ethyl adjacent to an activating group) is 1. The molecule has 0 radical (unpaired) electrons. The third-order valence-electron chi connectivity index (χ3n) is 3.19. The molecule has 104 valence electrons. The maximum atomic E-state index is 12.0. The Hall–Kier alpha value is -1.30. The number of amides is 2. The number of hydrogen-bond acceptors (Lipinski definition) is 4. The molecule has 0 saturated carbocycles. The summed E-state index contributed by atoms with van der Waals surface area (Å²) in [5.41, 5.74) is 0. The van der Waals surface area contributed by atoms with Gasteiger partial charge in [0.2, 0.25) is 0 Å². The zero-order valence-corrected chi connectivity index (χ0v) is 11.6. The van der Waals surface area contributed by atoms with Gasteiger partial charge in [-0.05, 0) is 13.0 Å². The first kappa shape index (κ1) is 14.8. The summed E-state index contributed by atoms with van der Waals surface area (Å²) in [5, 5.41) is 2.75. The monoisotopic (exact) mass is 257 g/mol. The minimum atomic E-state index is -0.581. The molecule has 1 fully saturated rings. The minimum Gasteiger partial charge on any atom is -0.467 e. The van der Waals surface area contributed by atoms with Crippen LogP contribution in [0.3, 0.4) is 0 Å². The molecule has 2 amide bonds. The molecule has 1 heterocycles. The third-order valence-corrected chi connectivity index (χ3v) is 3.19. The summed E-state index contributed by atoms with van der Waals surface area (Å²) in [4.78, 5) is 27.5. The highest BCUT2D eigenvalue weighted by molar-refractivity contribution is 5.83. The van der Waals surface area contributed by atoms with Gasteiger partial charge in [0.1, 0.15) is 6.04 Å². The summed E-state index contributed by atoms with van der Waals surface area (Å²) in [6.45, 7) is 6.86. The predicted molar refractivity (Wildman–Crippen MR) is 68.2 cm³/mol. The van der Waals surface area contributed by atoms with Gasteiger partial charge in [0.25, 0.3) is 0 Å². The van der Waals surface area contributed by atoms with Crippen molar-refractivity contribution >= 4 is 12.0 Å². The van der Waals surface area contributed by atoms with Crippen LogP contribution in [-0.2, 0) is 9.53 Å². The average molecular weight is 257 g/mol. The van der Waals surface area contributed by atoms with Crippen LogP contribution in [0.1, 0.15) is 13.8 Å². The standard InChI is InChI=1S/C12H23N3O3/c1-9(2)10(11(16)18-4)13-12(17)15-7-5-14(3)6-8-15/h9-10H,5-8H2,1-4H3,(H,13,17)/t10-/m1/s1. The normalized spacial score (nSPS) is 18.6. The van der Waals surface area contributed by atoms with E-state index in [0.29, 0.717) is 13.1 Å². The first-order valence-corrected chi connectivity index (χ1v) is 6.27. The van der Waals surface area contributed by atoms with Gasteiger partial charge < -0.3 is 19.9 Å². The molecular formula is C12H23N3O3. The third kappa shape index (κ3) is 3.87. The topological polar surface area (TPSA) is 61.9 Å². The molecule has 1 rings (SSSR count). The number of nitrogens with zero attached hydrogens (tertiary/aromatic N) is 2. The Morgan fingerprint density at radius 3 is 2.17 bits per heavy atom. The van der Waals surface area contributed by atoms with E-state index in [9.17, 15) is 9.59 Å². The number of carbonyl (C=O) groups excluding carboxylic acids is 2. The summed E-state index contributed by atoms with van der Waals surface area (Å²) in [6.07, 6.45) is 0. The number of carbonyl (C=O) groups is 2. The van der Waals surface area contributed by atoms with Gasteiger partial charge in [-0.25, -0.2) is 9.59 Å². The molecular weight excluding hydrogens is 234 g/mol. The molecule has 0 aromatic heterocycles. The Morgan fingerprint density at radius 1 is 1.17 bits per heavy atom. The van der Waals surface area contributed by atoms with E-state index in [1.165, 1.54) is 7.11 Å². The second-order valence-electron chi connectivity index (χ2n) is 4.98. The fourth-order valence-corrected chi connectivity index (χ4v) is 1.86. The predicted octanol–water partition coefficient (Wildman–Crippen LogP) is 0.141. The first-order chi connectivity index (χ1) is 8.45. The van der Waals surface area contributed by atoms with E-state index < -0.39 is 12.0 Å². The Kier molecular flexibility index (Phi) is 5.40. The number of piperazine rings is 1. The summed E-state index contributed by atoms with van der Waals surface area (Å²) in [5.74, 6) is -0.388. The zero-order valence-electron chi connectivity index (χ0n) is 11.6. The molecule has 0 aromatic carbocycles. The van der Waals surface area contributed by atoms with Gasteiger partial charge in [0.15, 0.2) is 0 Å². The van der Waals surface area contributed by atoms with Crippen molar-refractivity contribution in [2.75, 3.05) is 40.3 Å². The van der Waals surface area contributed by atoms with Crippen molar-refractivity contribution in [3.63, 3.8) is 0 Å². The molecule has 6 heteroatoms. The highest BCUT2D eigenvalue weighted by atomic mass is 16.5. The van der Waals surface area contributed by atoms with Crippen molar-refractivity contribution in [1.29, 1.82) is 0 Å². The molecule has 0 bridgehead atoms. The Bertz CT molecular complexity index is 299. The molecule has 1 aliphatic rings. The van der Waals surface area contributed by atoms with Crippen LogP contribution in [0.2, 0.25) is 0 Å². The Morgan fingerprint density at radius 2 is 1.72 bits per heavy atom. The highest BCUT2D eigenvalue weighted by Gasteiger charge is 2.28. The Labute approximate surface area is 108 Å². The Balaban J connectivity index is 2.53. The second-order valence-corrected chi connectivity index (χ2v) is 4.98. The lowest BCUT2D eigenvalue weighted by atomic mass is 10.1. The van der Waals surface area contributed by atoms with Crippen molar-refractivity contribution < 1.29 is 14.3 Å². The van der Waals surface area contributed by atoms with E-state index in [4.69, 9.17) is 4.74 Å². The smallest absolute Gasteiger partial charge is 0.328 e. The van der Waals surface area contributed by atoms with Gasteiger partial charge in [-0.15, -0.1) is 0 Å². The van der Waals surface area contributed by atoms with E-state index in [-0.39, 0.29) is 11.9 Å². The zero-order chi connectivity index (χ0) is 13.7. The molecule has 0 spiro atoms. The molecule has 18 heavy (non-hydrogen) atoms. The highest BCUT2D eigenvalue weighted by Crippen LogP contribution is 2.06. The fraction of sp³-hybridized carbons (Fsp3) is 0.833. The maximum Gasteiger partial charge on any atom is 0.328 e. The molecule has 1 atom stereocenters. The van der Waals surface area contributed by atoms with E-state index >= 15 is 0 Å². The minimum absolute atomic E-state index is 0.00821. The van der Waals surface area contributed by atoms with Crippen LogP contribution in [0, 0.1) is 5.92 Å². The number of rotatable bonds is 3. The van der Waals surface area contributed by atoms with Gasteiger partial charge in [0, 0.05) is 26.2 Å². The summed E-state index contributed by atoms with van der Waals surface area (Å²) in [7, 11) is 3.36. The van der Waals surface area contributed by atoms with Gasteiger partial charge in [0.05, 0.1) is 7.11 Å². The van der Waals surface area contributed by atoms with Crippen LogP contribution in [0.25, 0.3) is 0 Å². The number of methoxy groups -OCH3 is 1. The van der Waals surface area contributed by atoms with Gasteiger partial charge in [-0.3, -0.25) is 0 Å². The molecule has 1 N–H and O–H groups in total. The largest absolute Gasteiger partial charge is 0.467 e. The van der Waals surface area contributed by atoms with Crippen molar-refractivity contribution in [3.8, 4) is 0 Å². The molecule has 1 aliphatic heterocycles. The van der Waals surface area contributed by atoms with Crippen LogP contribution < -0.4 is 5.32 Å². The van der Waals surface area contributed by atoms with E-state index in [0.717, 1.165) is 13.1 Å². The summed E-state index contributed by atoms with van der Waals surface area (Å²) >= 11 is 0. The van der Waals surface area contributed by atoms with Crippen LogP contribution in [-0.4, -0.2) is 68.2 Å². The van der Waals surface area contributed by atoms with Crippen molar-refractivity contribution in [1.82, 2.24) is 15.1 Å². The number of urea groups is 1. The summed E-state index contributed by atoms with van der Waals surface area (Å²) < 4.78 is 4.70. The maximum absolute atomic E-state index is 12.0. The summed E-state index contributed by atoms with van der Waals surface area (Å²) in [6, 6.07) is -0.769. The number of esters is 1. The van der Waals surface area contributed by atoms with Gasteiger partial charge >= 0.3 is 12.0 Å². The van der Waals surface area contributed by atoms with Crippen LogP contribution in [0.15, 0.2) is 0 Å². The number of hydrogen-bond donors (Lipinski definition) is 1. The second kappa shape index (κ2) is 6.58. The van der Waals surface area contributed by atoms with Crippen molar-refractivity contribution in [2.45, 2.75) is 19.9 Å². The van der Waals surface area contributed by atoms with Crippen LogP contribution >= 0.6 is 0 Å². The molecule has 0 aromatic rings. The number of ether oxygens (including phenoxy) is 1. The molecule has 1 saturated heterocycles. The van der Waals surface area contributed by atoms with Crippen molar-refractivity contribution in [3.05, 3.63) is 0 Å². The lowest BCUT2D eigenvalue weighted by molar-refractivity contribution is -0.144. The molecule has 0 unspecified atom stereocenters. The first-order valence-electron chi connectivity index (χ1n) is 6.27. The lowest BCUT2D eigenvalue weighted by Crippen LogP contribution is -2.55. The van der Waals surface area contributed by atoms with E-state index in [1.54, 1.807) is 4.90 Å². The fourth-order valence-electron chi connectivity index (χ4n) is 1.86. The van der Waals surface area contributed by atoms with Crippen LogP contribution in [0.4, 0.5) is 4.79 Å². The van der Waals surface area contributed by atoms with E-state index in [1.807, 2.05) is 20.9 Å². The average Bonchev–Trinajstić information content (AvgIpc) is 2.35. The van der Waals surface area contributed by atoms with Gasteiger partial charge in [-0.1, -0.05) is 13.8 Å².